The average Bonchev–Trinajstić information content (AvgIpc) is 2.41. The Morgan fingerprint density at radius 3 is 2.35 bits per heavy atom. The van der Waals surface area contributed by atoms with Crippen LogP contribution in [0, 0.1) is 5.41 Å². The summed E-state index contributed by atoms with van der Waals surface area (Å²) in [5.41, 5.74) is 6.72. The van der Waals surface area contributed by atoms with Crippen molar-refractivity contribution < 1.29 is 4.79 Å². The molecule has 0 aromatic carbocycles. The van der Waals surface area contributed by atoms with Crippen molar-refractivity contribution in [2.45, 2.75) is 38.5 Å². The molecule has 1 amide bonds. The Bertz CT molecular complexity index is 395. The van der Waals surface area contributed by atoms with Crippen LogP contribution in [0.15, 0.2) is 24.5 Å². The zero-order valence-electron chi connectivity index (χ0n) is 11.5. The number of nitrogens with zero attached hydrogens (tertiary/aromatic N) is 1. The van der Waals surface area contributed by atoms with Gasteiger partial charge in [0, 0.05) is 24.5 Å². The molecule has 4 nitrogen and oxygen atoms in total. The van der Waals surface area contributed by atoms with Crippen molar-refractivity contribution >= 4 is 36.4 Å². The van der Waals surface area contributed by atoms with Gasteiger partial charge in [0.15, 0.2) is 0 Å². The number of halogens is 2. The third-order valence-electron chi connectivity index (χ3n) is 3.85. The lowest BCUT2D eigenvalue weighted by molar-refractivity contribution is -0.118. The van der Waals surface area contributed by atoms with E-state index >= 15 is 0 Å². The number of nitrogens with two attached hydrogens (primary N) is 1. The SMILES string of the molecule is Cl.Cl.NCC1(CC(=O)Nc2ccncc2)CCCCC1. The predicted octanol–water partition coefficient (Wildman–Crippen LogP) is 3.16. The maximum atomic E-state index is 12.1. The Labute approximate surface area is 132 Å². The fourth-order valence-electron chi connectivity index (χ4n) is 2.74. The van der Waals surface area contributed by atoms with Gasteiger partial charge in [-0.25, -0.2) is 0 Å². The minimum atomic E-state index is 0. The van der Waals surface area contributed by atoms with Crippen LogP contribution in [-0.2, 0) is 4.79 Å². The van der Waals surface area contributed by atoms with Gasteiger partial charge < -0.3 is 11.1 Å². The van der Waals surface area contributed by atoms with Gasteiger partial charge in [-0.3, -0.25) is 9.78 Å². The molecule has 1 heterocycles. The number of hydrogen-bond acceptors (Lipinski definition) is 3. The molecule has 2 rings (SSSR count). The molecular formula is C14H23Cl2N3O. The summed E-state index contributed by atoms with van der Waals surface area (Å²) in [6, 6.07) is 3.60. The van der Waals surface area contributed by atoms with Gasteiger partial charge in [-0.2, -0.15) is 0 Å². The number of pyridine rings is 1. The second-order valence-corrected chi connectivity index (χ2v) is 5.23. The van der Waals surface area contributed by atoms with Gasteiger partial charge in [-0.05, 0) is 36.9 Å². The molecule has 0 bridgehead atoms. The van der Waals surface area contributed by atoms with E-state index in [1.165, 1.54) is 19.3 Å². The van der Waals surface area contributed by atoms with E-state index in [0.717, 1.165) is 18.5 Å². The highest BCUT2D eigenvalue weighted by Crippen LogP contribution is 2.38. The summed E-state index contributed by atoms with van der Waals surface area (Å²) in [6.07, 6.45) is 9.70. The molecule has 1 aliphatic rings. The number of amides is 1. The first-order valence-electron chi connectivity index (χ1n) is 6.64. The van der Waals surface area contributed by atoms with Gasteiger partial charge >= 0.3 is 0 Å². The van der Waals surface area contributed by atoms with Crippen LogP contribution in [-0.4, -0.2) is 17.4 Å². The second-order valence-electron chi connectivity index (χ2n) is 5.23. The third-order valence-corrected chi connectivity index (χ3v) is 3.85. The van der Waals surface area contributed by atoms with E-state index < -0.39 is 0 Å². The maximum absolute atomic E-state index is 12.1. The number of rotatable bonds is 4. The Morgan fingerprint density at radius 1 is 1.20 bits per heavy atom. The summed E-state index contributed by atoms with van der Waals surface area (Å²) in [5, 5.41) is 2.91. The molecule has 0 aliphatic heterocycles. The lowest BCUT2D eigenvalue weighted by Crippen LogP contribution is -2.36. The van der Waals surface area contributed by atoms with Crippen molar-refractivity contribution in [3.8, 4) is 0 Å². The second kappa shape index (κ2) is 9.16. The molecule has 0 saturated heterocycles. The summed E-state index contributed by atoms with van der Waals surface area (Å²) in [7, 11) is 0. The summed E-state index contributed by atoms with van der Waals surface area (Å²) in [6.45, 7) is 0.608. The van der Waals surface area contributed by atoms with E-state index in [1.54, 1.807) is 24.5 Å². The van der Waals surface area contributed by atoms with Crippen LogP contribution >= 0.6 is 24.8 Å². The number of aromatic nitrogens is 1. The van der Waals surface area contributed by atoms with Gasteiger partial charge in [0.2, 0.25) is 5.91 Å². The Kier molecular flexibility index (Phi) is 8.78. The molecule has 0 spiro atoms. The third kappa shape index (κ3) is 5.27. The molecule has 1 aromatic rings. The smallest absolute Gasteiger partial charge is 0.224 e. The van der Waals surface area contributed by atoms with Crippen LogP contribution in [0.5, 0.6) is 0 Å². The minimum Gasteiger partial charge on any atom is -0.330 e. The number of anilines is 1. The average molecular weight is 320 g/mol. The summed E-state index contributed by atoms with van der Waals surface area (Å²) in [4.78, 5) is 16.0. The highest BCUT2D eigenvalue weighted by molar-refractivity contribution is 5.91. The normalized spacial score (nSPS) is 16.4. The van der Waals surface area contributed by atoms with Crippen LogP contribution in [0.25, 0.3) is 0 Å². The van der Waals surface area contributed by atoms with E-state index in [9.17, 15) is 4.79 Å². The molecule has 0 radical (unpaired) electrons. The molecule has 6 heteroatoms. The molecule has 1 aromatic heterocycles. The monoisotopic (exact) mass is 319 g/mol. The molecule has 0 atom stereocenters. The number of carbonyl (C=O) groups is 1. The van der Waals surface area contributed by atoms with Crippen molar-refractivity contribution in [3.05, 3.63) is 24.5 Å². The van der Waals surface area contributed by atoms with Gasteiger partial charge in [0.05, 0.1) is 0 Å². The molecule has 3 N–H and O–H groups in total. The van der Waals surface area contributed by atoms with E-state index in [-0.39, 0.29) is 36.1 Å². The predicted molar refractivity (Wildman–Crippen MR) is 86.6 cm³/mol. The zero-order chi connectivity index (χ0) is 12.8. The largest absolute Gasteiger partial charge is 0.330 e. The highest BCUT2D eigenvalue weighted by atomic mass is 35.5. The number of carbonyl (C=O) groups excluding carboxylic acids is 1. The summed E-state index contributed by atoms with van der Waals surface area (Å²) in [5.74, 6) is 0.0635. The quantitative estimate of drug-likeness (QED) is 0.895. The van der Waals surface area contributed by atoms with Crippen LogP contribution in [0.2, 0.25) is 0 Å². The van der Waals surface area contributed by atoms with Crippen molar-refractivity contribution in [1.82, 2.24) is 4.98 Å². The van der Waals surface area contributed by atoms with Crippen LogP contribution < -0.4 is 11.1 Å². The first-order chi connectivity index (χ1) is 8.74. The van der Waals surface area contributed by atoms with Crippen molar-refractivity contribution in [2.75, 3.05) is 11.9 Å². The van der Waals surface area contributed by atoms with Crippen molar-refractivity contribution in [1.29, 1.82) is 0 Å². The molecule has 20 heavy (non-hydrogen) atoms. The molecule has 1 saturated carbocycles. The van der Waals surface area contributed by atoms with E-state index in [0.29, 0.717) is 13.0 Å². The van der Waals surface area contributed by atoms with E-state index in [4.69, 9.17) is 5.73 Å². The van der Waals surface area contributed by atoms with Gasteiger partial charge in [0.1, 0.15) is 0 Å². The first kappa shape index (κ1) is 19.2. The van der Waals surface area contributed by atoms with Gasteiger partial charge in [-0.15, -0.1) is 24.8 Å². The standard InChI is InChI=1S/C14H21N3O.2ClH/c15-11-14(6-2-1-3-7-14)10-13(18)17-12-4-8-16-9-5-12;;/h4-5,8-9H,1-3,6-7,10-11,15H2,(H,16,17,18);2*1H. The van der Waals surface area contributed by atoms with Crippen LogP contribution in [0.3, 0.4) is 0 Å². The topological polar surface area (TPSA) is 68.0 Å². The molecule has 114 valence electrons. The molecular weight excluding hydrogens is 297 g/mol. The Balaban J connectivity index is 0.00000180. The minimum absolute atomic E-state index is 0. The number of hydrogen-bond donors (Lipinski definition) is 2. The summed E-state index contributed by atoms with van der Waals surface area (Å²) >= 11 is 0. The van der Waals surface area contributed by atoms with Crippen molar-refractivity contribution in [2.24, 2.45) is 11.1 Å². The van der Waals surface area contributed by atoms with Crippen LogP contribution in [0.4, 0.5) is 5.69 Å². The molecule has 1 fully saturated rings. The lowest BCUT2D eigenvalue weighted by atomic mass is 9.71. The number of nitrogens with one attached hydrogen (secondary N) is 1. The van der Waals surface area contributed by atoms with E-state index in [2.05, 4.69) is 10.3 Å². The Hall–Kier alpha value is -0.840. The lowest BCUT2D eigenvalue weighted by Gasteiger charge is -2.35. The molecule has 0 unspecified atom stereocenters. The maximum Gasteiger partial charge on any atom is 0.224 e. The van der Waals surface area contributed by atoms with Crippen LogP contribution in [0.1, 0.15) is 38.5 Å². The zero-order valence-corrected chi connectivity index (χ0v) is 13.1. The van der Waals surface area contributed by atoms with Crippen molar-refractivity contribution in [3.63, 3.8) is 0 Å². The fourth-order valence-corrected chi connectivity index (χ4v) is 2.74. The molecule has 1 aliphatic carbocycles. The van der Waals surface area contributed by atoms with E-state index in [1.807, 2.05) is 0 Å². The Morgan fingerprint density at radius 2 is 1.80 bits per heavy atom. The highest BCUT2D eigenvalue weighted by Gasteiger charge is 2.32. The van der Waals surface area contributed by atoms with Gasteiger partial charge in [-0.1, -0.05) is 19.3 Å². The fraction of sp³-hybridized carbons (Fsp3) is 0.571. The summed E-state index contributed by atoms with van der Waals surface area (Å²) < 4.78 is 0. The first-order valence-corrected chi connectivity index (χ1v) is 6.64. The van der Waals surface area contributed by atoms with Gasteiger partial charge in [0.25, 0.3) is 0 Å².